The SMILES string of the molecule is CC(C)(C)N1CC(C(=O)NCCNC(=O)C2CCCCC2)CC1=O. The van der Waals surface area contributed by atoms with Gasteiger partial charge in [-0.3, -0.25) is 14.4 Å². The van der Waals surface area contributed by atoms with E-state index in [0.717, 1.165) is 25.7 Å². The van der Waals surface area contributed by atoms with Crippen LogP contribution in [0.15, 0.2) is 0 Å². The molecule has 2 rings (SSSR count). The summed E-state index contributed by atoms with van der Waals surface area (Å²) in [5, 5.41) is 5.75. The van der Waals surface area contributed by atoms with Crippen molar-refractivity contribution in [3.63, 3.8) is 0 Å². The Morgan fingerprint density at radius 3 is 2.04 bits per heavy atom. The lowest BCUT2D eigenvalue weighted by molar-refractivity contribution is -0.132. The van der Waals surface area contributed by atoms with Gasteiger partial charge in [0.15, 0.2) is 0 Å². The molecule has 1 saturated heterocycles. The normalized spacial score (nSPS) is 22.5. The van der Waals surface area contributed by atoms with Gasteiger partial charge < -0.3 is 15.5 Å². The van der Waals surface area contributed by atoms with Crippen molar-refractivity contribution >= 4 is 17.7 Å². The summed E-state index contributed by atoms with van der Waals surface area (Å²) in [5.41, 5.74) is -0.250. The summed E-state index contributed by atoms with van der Waals surface area (Å²) < 4.78 is 0. The molecular formula is C18H31N3O3. The average Bonchev–Trinajstić information content (AvgIpc) is 2.94. The number of carbonyl (C=O) groups excluding carboxylic acids is 3. The van der Waals surface area contributed by atoms with E-state index in [1.165, 1.54) is 6.42 Å². The number of hydrogen-bond acceptors (Lipinski definition) is 3. The second-order valence-corrected chi connectivity index (χ2v) is 7.99. The molecule has 2 aliphatic rings. The molecule has 3 amide bonds. The van der Waals surface area contributed by atoms with Crippen LogP contribution in [0.1, 0.15) is 59.3 Å². The van der Waals surface area contributed by atoms with Crippen molar-refractivity contribution in [3.8, 4) is 0 Å². The van der Waals surface area contributed by atoms with Crippen LogP contribution in [0, 0.1) is 11.8 Å². The van der Waals surface area contributed by atoms with Gasteiger partial charge in [-0.25, -0.2) is 0 Å². The second kappa shape index (κ2) is 7.99. The van der Waals surface area contributed by atoms with Crippen molar-refractivity contribution in [2.45, 2.75) is 64.8 Å². The molecule has 2 N–H and O–H groups in total. The molecule has 1 atom stereocenters. The number of nitrogens with zero attached hydrogens (tertiary/aromatic N) is 1. The van der Waals surface area contributed by atoms with Crippen LogP contribution in [0.3, 0.4) is 0 Å². The van der Waals surface area contributed by atoms with E-state index in [4.69, 9.17) is 0 Å². The molecule has 0 spiro atoms. The summed E-state index contributed by atoms with van der Waals surface area (Å²) in [6.07, 6.45) is 5.72. The average molecular weight is 337 g/mol. The molecule has 0 radical (unpaired) electrons. The van der Waals surface area contributed by atoms with Crippen LogP contribution < -0.4 is 10.6 Å². The molecule has 136 valence electrons. The van der Waals surface area contributed by atoms with Crippen molar-refractivity contribution < 1.29 is 14.4 Å². The molecule has 1 unspecified atom stereocenters. The van der Waals surface area contributed by atoms with Crippen molar-refractivity contribution in [2.24, 2.45) is 11.8 Å². The number of nitrogens with one attached hydrogen (secondary N) is 2. The van der Waals surface area contributed by atoms with Crippen LogP contribution >= 0.6 is 0 Å². The first-order valence-electron chi connectivity index (χ1n) is 9.15. The van der Waals surface area contributed by atoms with E-state index < -0.39 is 0 Å². The summed E-state index contributed by atoms with van der Waals surface area (Å²) in [6.45, 7) is 7.27. The van der Waals surface area contributed by atoms with Gasteiger partial charge in [0.25, 0.3) is 0 Å². The van der Waals surface area contributed by atoms with Gasteiger partial charge in [-0.15, -0.1) is 0 Å². The van der Waals surface area contributed by atoms with Crippen LogP contribution in [0.2, 0.25) is 0 Å². The lowest BCUT2D eigenvalue weighted by atomic mass is 9.89. The monoisotopic (exact) mass is 337 g/mol. The van der Waals surface area contributed by atoms with Crippen LogP contribution in [0.5, 0.6) is 0 Å². The third-order valence-corrected chi connectivity index (χ3v) is 5.01. The Hall–Kier alpha value is -1.59. The van der Waals surface area contributed by atoms with Gasteiger partial charge in [-0.2, -0.15) is 0 Å². The van der Waals surface area contributed by atoms with E-state index in [1.54, 1.807) is 4.90 Å². The van der Waals surface area contributed by atoms with E-state index in [2.05, 4.69) is 10.6 Å². The first-order chi connectivity index (χ1) is 11.3. The van der Waals surface area contributed by atoms with Gasteiger partial charge in [0, 0.05) is 37.5 Å². The first kappa shape index (κ1) is 18.7. The van der Waals surface area contributed by atoms with Crippen LogP contribution in [0.4, 0.5) is 0 Å². The number of likely N-dealkylation sites (tertiary alicyclic amines) is 1. The summed E-state index contributed by atoms with van der Waals surface area (Å²) in [4.78, 5) is 38.0. The molecule has 0 aromatic heterocycles. The molecule has 1 aliphatic carbocycles. The summed E-state index contributed by atoms with van der Waals surface area (Å²) in [6, 6.07) is 0. The highest BCUT2D eigenvalue weighted by molar-refractivity contribution is 5.89. The highest BCUT2D eigenvalue weighted by atomic mass is 16.2. The molecule has 2 fully saturated rings. The lowest BCUT2D eigenvalue weighted by Gasteiger charge is -2.31. The summed E-state index contributed by atoms with van der Waals surface area (Å²) >= 11 is 0. The zero-order chi connectivity index (χ0) is 17.7. The zero-order valence-corrected chi connectivity index (χ0v) is 15.2. The predicted octanol–water partition coefficient (Wildman–Crippen LogP) is 1.45. The topological polar surface area (TPSA) is 78.5 Å². The minimum Gasteiger partial charge on any atom is -0.354 e. The third-order valence-electron chi connectivity index (χ3n) is 5.01. The molecule has 1 saturated carbocycles. The largest absolute Gasteiger partial charge is 0.354 e. The van der Waals surface area contributed by atoms with Gasteiger partial charge in [0.1, 0.15) is 0 Å². The Bertz CT molecular complexity index is 478. The molecule has 1 aliphatic heterocycles. The Labute approximate surface area is 144 Å². The minimum absolute atomic E-state index is 0.0354. The van der Waals surface area contributed by atoms with Crippen LogP contribution in [0.25, 0.3) is 0 Å². The smallest absolute Gasteiger partial charge is 0.225 e. The molecule has 1 heterocycles. The molecular weight excluding hydrogens is 306 g/mol. The maximum atomic E-state index is 12.2. The first-order valence-corrected chi connectivity index (χ1v) is 9.15. The summed E-state index contributed by atoms with van der Waals surface area (Å²) in [5.74, 6) is -0.0952. The van der Waals surface area contributed by atoms with E-state index in [0.29, 0.717) is 19.6 Å². The fourth-order valence-electron chi connectivity index (χ4n) is 3.56. The molecule has 0 aromatic rings. The Balaban J connectivity index is 1.66. The quantitative estimate of drug-likeness (QED) is 0.745. The van der Waals surface area contributed by atoms with Crippen molar-refractivity contribution in [1.82, 2.24) is 15.5 Å². The summed E-state index contributed by atoms with van der Waals surface area (Å²) in [7, 11) is 0. The van der Waals surface area contributed by atoms with Crippen LogP contribution in [-0.2, 0) is 14.4 Å². The molecule has 6 heteroatoms. The number of rotatable bonds is 5. The molecule has 24 heavy (non-hydrogen) atoms. The van der Waals surface area contributed by atoms with Crippen molar-refractivity contribution in [2.75, 3.05) is 19.6 Å². The van der Waals surface area contributed by atoms with E-state index >= 15 is 0 Å². The van der Waals surface area contributed by atoms with Gasteiger partial charge >= 0.3 is 0 Å². The van der Waals surface area contributed by atoms with Gasteiger partial charge in [-0.05, 0) is 33.6 Å². The van der Waals surface area contributed by atoms with E-state index in [-0.39, 0.29) is 41.5 Å². The zero-order valence-electron chi connectivity index (χ0n) is 15.2. The van der Waals surface area contributed by atoms with Gasteiger partial charge in [-0.1, -0.05) is 19.3 Å². The van der Waals surface area contributed by atoms with Crippen molar-refractivity contribution in [1.29, 1.82) is 0 Å². The Morgan fingerprint density at radius 1 is 1.00 bits per heavy atom. The predicted molar refractivity (Wildman–Crippen MR) is 92.2 cm³/mol. The van der Waals surface area contributed by atoms with Crippen LogP contribution in [-0.4, -0.2) is 47.8 Å². The standard InChI is InChI=1S/C18H31N3O3/c1-18(2,3)21-12-14(11-15(21)22)17(24)20-10-9-19-16(23)13-7-5-4-6-8-13/h13-14H,4-12H2,1-3H3,(H,19,23)(H,20,24). The lowest BCUT2D eigenvalue weighted by Crippen LogP contribution is -2.44. The van der Waals surface area contributed by atoms with E-state index in [9.17, 15) is 14.4 Å². The highest BCUT2D eigenvalue weighted by Gasteiger charge is 2.39. The fourth-order valence-corrected chi connectivity index (χ4v) is 3.56. The third kappa shape index (κ3) is 4.95. The maximum Gasteiger partial charge on any atom is 0.225 e. The number of carbonyl (C=O) groups is 3. The van der Waals surface area contributed by atoms with Gasteiger partial charge in [0.2, 0.25) is 17.7 Å². The Morgan fingerprint density at radius 2 is 1.54 bits per heavy atom. The minimum atomic E-state index is -0.286. The number of amides is 3. The van der Waals surface area contributed by atoms with Crippen molar-refractivity contribution in [3.05, 3.63) is 0 Å². The second-order valence-electron chi connectivity index (χ2n) is 7.99. The maximum absolute atomic E-state index is 12.2. The highest BCUT2D eigenvalue weighted by Crippen LogP contribution is 2.26. The molecule has 0 aromatic carbocycles. The van der Waals surface area contributed by atoms with E-state index in [1.807, 2.05) is 20.8 Å². The van der Waals surface area contributed by atoms with Gasteiger partial charge in [0.05, 0.1) is 5.92 Å². The molecule has 6 nitrogen and oxygen atoms in total. The molecule has 0 bridgehead atoms. The Kier molecular flexibility index (Phi) is 6.24. The fraction of sp³-hybridized carbons (Fsp3) is 0.833. The number of hydrogen-bond donors (Lipinski definition) is 2.